The van der Waals surface area contributed by atoms with Gasteiger partial charge < -0.3 is 117 Å². The third-order valence-corrected chi connectivity index (χ3v) is 15.6. The van der Waals surface area contributed by atoms with Crippen LogP contribution in [0, 0.1) is 11.3 Å². The molecule has 13 atom stereocenters. The molecule has 1 aromatic carbocycles. The van der Waals surface area contributed by atoms with Crippen LogP contribution in [-0.4, -0.2) is 240 Å². The van der Waals surface area contributed by atoms with E-state index in [9.17, 15) is 82.8 Å². The van der Waals surface area contributed by atoms with Gasteiger partial charge in [0.1, 0.15) is 72.5 Å². The number of carboxylic acids is 2. The minimum absolute atomic E-state index is 0.00259. The number of aromatic nitrogens is 3. The summed E-state index contributed by atoms with van der Waals surface area (Å²) in [5.74, 6) is -16.5. The molecule has 96 heavy (non-hydrogen) atoms. The lowest BCUT2D eigenvalue weighted by Gasteiger charge is -2.30. The molecule has 2 aromatic heterocycles. The second-order valence-electron chi connectivity index (χ2n) is 22.2. The second-order valence-corrected chi connectivity index (χ2v) is 22.9. The maximum absolute atomic E-state index is 14.8. The van der Waals surface area contributed by atoms with Crippen LogP contribution in [0.3, 0.4) is 0 Å². The van der Waals surface area contributed by atoms with Gasteiger partial charge in [-0.3, -0.25) is 62.9 Å². The van der Waals surface area contributed by atoms with Crippen molar-refractivity contribution in [2.45, 2.75) is 151 Å². The lowest BCUT2D eigenvalue weighted by molar-refractivity contribution is -0.142. The molecule has 3 rings (SSSR count). The van der Waals surface area contributed by atoms with Crippen molar-refractivity contribution in [1.82, 2.24) is 78.8 Å². The molecule has 0 saturated carbocycles. The van der Waals surface area contributed by atoms with E-state index >= 15 is 0 Å². The van der Waals surface area contributed by atoms with Crippen molar-refractivity contribution in [2.24, 2.45) is 23.1 Å². The van der Waals surface area contributed by atoms with Crippen LogP contribution in [0.1, 0.15) is 77.0 Å². The number of rotatable bonds is 44. The van der Waals surface area contributed by atoms with E-state index in [0.717, 1.165) is 0 Å². The number of aliphatic hydroxyl groups excluding tert-OH is 3. The number of imidazole rings is 1. The number of hydrogen-bond acceptors (Lipinski definition) is 22. The van der Waals surface area contributed by atoms with Gasteiger partial charge in [-0.2, -0.15) is 25.3 Å². The first kappa shape index (κ1) is 81.1. The molecule has 26 N–H and O–H groups in total. The van der Waals surface area contributed by atoms with Crippen molar-refractivity contribution < 1.29 is 87.9 Å². The quantitative estimate of drug-likeness (QED) is 0.0108. The number of benzene rings is 1. The Morgan fingerprint density at radius 2 is 1.06 bits per heavy atom. The van der Waals surface area contributed by atoms with Crippen molar-refractivity contribution in [1.29, 1.82) is 5.41 Å². The van der Waals surface area contributed by atoms with E-state index in [2.05, 4.69) is 104 Å². The van der Waals surface area contributed by atoms with E-state index in [-0.39, 0.29) is 63.8 Å². The number of nitrogens with one attached hydrogen (secondary N) is 15. The molecule has 0 aliphatic heterocycles. The minimum atomic E-state index is -1.96. The lowest BCUT2D eigenvalue weighted by atomic mass is 9.96. The highest BCUT2D eigenvalue weighted by atomic mass is 32.1. The molecule has 3 aromatic rings. The number of carbonyl (C=O) groups is 13. The molecule has 37 nitrogen and oxygen atoms in total. The highest BCUT2D eigenvalue weighted by Crippen LogP contribution is 2.20. The summed E-state index contributed by atoms with van der Waals surface area (Å²) in [6.07, 6.45) is 3.14. The molecule has 0 unspecified atom stereocenters. The number of amides is 11. The minimum Gasteiger partial charge on any atom is -0.481 e. The topological polar surface area (TPSA) is 614 Å². The first-order valence-corrected chi connectivity index (χ1v) is 31.7. The Bertz CT molecular complexity index is 3140. The van der Waals surface area contributed by atoms with Gasteiger partial charge in [0.05, 0.1) is 38.3 Å². The predicted molar refractivity (Wildman–Crippen MR) is 350 cm³/mol. The van der Waals surface area contributed by atoms with Crippen LogP contribution >= 0.6 is 25.3 Å². The van der Waals surface area contributed by atoms with Gasteiger partial charge in [-0.15, -0.1) is 0 Å². The highest BCUT2D eigenvalue weighted by Gasteiger charge is 2.38. The van der Waals surface area contributed by atoms with E-state index in [1.165, 1.54) is 19.4 Å². The number of fused-ring (bicyclic) bond motifs is 1. The standard InChI is InChI=1S/C57H89N19O18S2/c1-4-27(2)44(55(92)68-34(12-7-8-14-58)47(84)67-35(13-9-15-63-57(60)61)48(85)73-40(23-79)52(89)75-42(25-96)54(91)71-38(56(93)94)17-30-20-62-26-65-30)76-50(87)36(16-29-19-64-33-11-6-5-10-31(29)33)69-49(86)37(18-43(80)81)70-53(90)41(24-95)74-45(82)28(3)66-51(88)39(22-78)72-46(83)32(59)21-77/h5-6,10-11,19-20,26-28,32,34-42,44,64,77-79,95-96H,4,7-9,12-18,21-25,58-59H2,1-3H3,(H,62,65)(H,66,88)(H,67,84)(H,68,92)(H,69,86)(H,70,90)(H,71,91)(H,72,83)(H,73,85)(H,74,82)(H,75,89)(H,76,87)(H,80,81)(H,93,94)(H4,60,61,63)/t27-,28-,32-,34-,35-,36-,37-,38-,39-,40-,41-,42-,44-/m0/s1. The lowest BCUT2D eigenvalue weighted by Crippen LogP contribution is -2.62. The molecule has 0 saturated heterocycles. The Morgan fingerprint density at radius 1 is 0.573 bits per heavy atom. The van der Waals surface area contributed by atoms with Crippen LogP contribution in [0.15, 0.2) is 43.0 Å². The number of nitrogens with zero attached hydrogens (tertiary/aromatic N) is 1. The van der Waals surface area contributed by atoms with E-state index in [1.54, 1.807) is 44.3 Å². The Balaban J connectivity index is 1.93. The first-order valence-electron chi connectivity index (χ1n) is 30.5. The number of carbonyl (C=O) groups excluding carboxylic acids is 11. The van der Waals surface area contributed by atoms with Crippen molar-refractivity contribution in [3.63, 3.8) is 0 Å². The van der Waals surface area contributed by atoms with E-state index in [1.807, 2.05) is 0 Å². The van der Waals surface area contributed by atoms with Crippen LogP contribution in [0.4, 0.5) is 0 Å². The van der Waals surface area contributed by atoms with Gasteiger partial charge in [0.25, 0.3) is 0 Å². The van der Waals surface area contributed by atoms with Gasteiger partial charge in [0.15, 0.2) is 5.96 Å². The summed E-state index contributed by atoms with van der Waals surface area (Å²) in [6.45, 7) is 1.83. The van der Waals surface area contributed by atoms with Crippen LogP contribution in [0.5, 0.6) is 0 Å². The van der Waals surface area contributed by atoms with Crippen molar-refractivity contribution >= 4 is 119 Å². The molecule has 0 bridgehead atoms. The van der Waals surface area contributed by atoms with Gasteiger partial charge in [0, 0.05) is 54.2 Å². The Labute approximate surface area is 561 Å². The average Bonchev–Trinajstić information content (AvgIpc) is 1.69. The Kier molecular flexibility index (Phi) is 35.2. The molecule has 0 aliphatic rings. The van der Waals surface area contributed by atoms with E-state index in [0.29, 0.717) is 28.6 Å². The Hall–Kier alpha value is -9.15. The fourth-order valence-corrected chi connectivity index (χ4v) is 9.66. The first-order chi connectivity index (χ1) is 45.6. The van der Waals surface area contributed by atoms with Crippen molar-refractivity contribution in [3.8, 4) is 0 Å². The summed E-state index contributed by atoms with van der Waals surface area (Å²) in [5.41, 5.74) is 18.1. The molecule has 0 spiro atoms. The highest BCUT2D eigenvalue weighted by molar-refractivity contribution is 7.80. The SMILES string of the molecule is CC[C@H](C)[C@H](NC(=O)[C@H](Cc1c[nH]c2ccccc12)NC(=O)[C@H](CC(=O)O)NC(=O)[C@H](CS)NC(=O)[C@H](C)NC(=O)[C@H](CO)NC(=O)[C@@H](N)CO)C(=O)N[C@@H](CCCCN)C(=O)N[C@@H](CCCNC(=N)N)C(=O)N[C@@H](CO)C(=O)N[C@@H](CS)C(=O)N[C@@H](Cc1c[nH]cn1)C(=O)O. The third kappa shape index (κ3) is 26.6. The zero-order valence-corrected chi connectivity index (χ0v) is 54.8. The summed E-state index contributed by atoms with van der Waals surface area (Å²) >= 11 is 8.25. The summed E-state index contributed by atoms with van der Waals surface area (Å²) in [4.78, 5) is 185. The predicted octanol–water partition coefficient (Wildman–Crippen LogP) is -7.81. The molecule has 39 heteroatoms. The number of aliphatic carboxylic acids is 2. The number of para-hydroxylation sites is 1. The number of nitrogens with two attached hydrogens (primary N) is 3. The zero-order chi connectivity index (χ0) is 71.8. The molecule has 0 aliphatic carbocycles. The number of unbranched alkanes of at least 4 members (excludes halogenated alkanes) is 1. The summed E-state index contributed by atoms with van der Waals surface area (Å²) in [5, 5.41) is 85.9. The van der Waals surface area contributed by atoms with Gasteiger partial charge in [0.2, 0.25) is 65.0 Å². The van der Waals surface area contributed by atoms with Crippen LogP contribution in [0.2, 0.25) is 0 Å². The molecule has 532 valence electrons. The molecule has 0 fully saturated rings. The van der Waals surface area contributed by atoms with Crippen molar-refractivity contribution in [2.75, 3.05) is 44.4 Å². The molecule has 2 heterocycles. The van der Waals surface area contributed by atoms with Gasteiger partial charge >= 0.3 is 11.9 Å². The molecular formula is C57H89N19O18S2. The van der Waals surface area contributed by atoms with Crippen LogP contribution < -0.4 is 81.0 Å². The second kappa shape index (κ2) is 41.6. The summed E-state index contributed by atoms with van der Waals surface area (Å²) in [6, 6.07) is -12.2. The smallest absolute Gasteiger partial charge is 0.326 e. The van der Waals surface area contributed by atoms with Gasteiger partial charge in [-0.1, -0.05) is 38.5 Å². The van der Waals surface area contributed by atoms with Crippen molar-refractivity contribution in [3.05, 3.63) is 54.2 Å². The molecule has 11 amide bonds. The molecular weight excluding hydrogens is 1300 g/mol. The maximum Gasteiger partial charge on any atom is 0.326 e. The van der Waals surface area contributed by atoms with Gasteiger partial charge in [-0.05, 0) is 63.1 Å². The number of H-pyrrole nitrogens is 2. The third-order valence-electron chi connectivity index (χ3n) is 14.9. The number of aromatic amines is 2. The van der Waals surface area contributed by atoms with Crippen LogP contribution in [-0.2, 0) is 75.2 Å². The fraction of sp³-hybridized carbons (Fsp3) is 0.561. The monoisotopic (exact) mass is 1390 g/mol. The number of thiol groups is 2. The van der Waals surface area contributed by atoms with E-state index < -0.39 is 193 Å². The summed E-state index contributed by atoms with van der Waals surface area (Å²) in [7, 11) is 0. The number of carboxylic acid groups (broad SMARTS) is 2. The zero-order valence-electron chi connectivity index (χ0n) is 53.0. The maximum atomic E-state index is 14.8. The molecule has 0 radical (unpaired) electrons. The normalized spacial score (nSPS) is 15.2. The summed E-state index contributed by atoms with van der Waals surface area (Å²) < 4.78 is 0. The van der Waals surface area contributed by atoms with Crippen LogP contribution in [0.25, 0.3) is 10.9 Å². The van der Waals surface area contributed by atoms with E-state index in [4.69, 9.17) is 27.7 Å². The fourth-order valence-electron chi connectivity index (χ4n) is 9.15. The number of guanidine groups is 1. The number of aliphatic hydroxyl groups is 3. The Morgan fingerprint density at radius 3 is 1.60 bits per heavy atom. The average molecular weight is 1390 g/mol. The van der Waals surface area contributed by atoms with Gasteiger partial charge in [-0.25, -0.2) is 9.78 Å². The number of hydrogen-bond donors (Lipinski definition) is 25. The largest absolute Gasteiger partial charge is 0.481 e.